The maximum atomic E-state index is 3.71. The summed E-state index contributed by atoms with van der Waals surface area (Å²) in [4.78, 5) is 2.39. The zero-order valence-electron chi connectivity index (χ0n) is 12.1. The predicted octanol–water partition coefficient (Wildman–Crippen LogP) is 2.28. The van der Waals surface area contributed by atoms with Crippen molar-refractivity contribution in [2.45, 2.75) is 25.9 Å². The van der Waals surface area contributed by atoms with Crippen LogP contribution in [0.1, 0.15) is 17.7 Å². The van der Waals surface area contributed by atoms with E-state index in [0.717, 1.165) is 6.54 Å². The van der Waals surface area contributed by atoms with E-state index < -0.39 is 0 Å². The van der Waals surface area contributed by atoms with Gasteiger partial charge < -0.3 is 14.8 Å². The highest BCUT2D eigenvalue weighted by Gasteiger charge is 2.19. The van der Waals surface area contributed by atoms with Gasteiger partial charge in [0.05, 0.1) is 0 Å². The van der Waals surface area contributed by atoms with Gasteiger partial charge in [-0.25, -0.2) is 0 Å². The van der Waals surface area contributed by atoms with E-state index in [9.17, 15) is 0 Å². The number of rotatable bonds is 3. The van der Waals surface area contributed by atoms with Gasteiger partial charge in [-0.3, -0.25) is 0 Å². The maximum absolute atomic E-state index is 3.71. The second-order valence-electron chi connectivity index (χ2n) is 5.78. The number of benzene rings is 1. The number of aromatic nitrogens is 1. The van der Waals surface area contributed by atoms with E-state index in [1.165, 1.54) is 41.7 Å². The van der Waals surface area contributed by atoms with Gasteiger partial charge in [-0.15, -0.1) is 0 Å². The Balaban J connectivity index is 1.81. The monoisotopic (exact) mass is 257 g/mol. The number of likely N-dealkylation sites (tertiary alicyclic amines) is 1. The molecule has 1 aromatic heterocycles. The van der Waals surface area contributed by atoms with E-state index in [1.54, 1.807) is 0 Å². The number of hydrogen-bond acceptors (Lipinski definition) is 2. The Labute approximate surface area is 115 Å². The third kappa shape index (κ3) is 2.28. The molecule has 0 aliphatic carbocycles. The van der Waals surface area contributed by atoms with E-state index >= 15 is 0 Å². The van der Waals surface area contributed by atoms with Crippen LogP contribution in [-0.2, 0) is 13.6 Å². The SMILES string of the molecule is Cc1c(CNC2CCN(C)C2)n(C)c2ccccc12. The summed E-state index contributed by atoms with van der Waals surface area (Å²) in [5.74, 6) is 0. The molecule has 2 heterocycles. The number of likely N-dealkylation sites (N-methyl/N-ethyl adjacent to an activating group) is 1. The molecule has 1 fully saturated rings. The fourth-order valence-corrected chi connectivity index (χ4v) is 3.23. The Morgan fingerprint density at radius 1 is 1.26 bits per heavy atom. The number of nitrogens with zero attached hydrogens (tertiary/aromatic N) is 2. The molecule has 102 valence electrons. The molecule has 3 nitrogen and oxygen atoms in total. The first-order valence-electron chi connectivity index (χ1n) is 7.11. The molecule has 1 atom stereocenters. The van der Waals surface area contributed by atoms with Crippen molar-refractivity contribution in [1.82, 2.24) is 14.8 Å². The first-order valence-corrected chi connectivity index (χ1v) is 7.11. The maximum Gasteiger partial charge on any atom is 0.0483 e. The Morgan fingerprint density at radius 3 is 2.74 bits per heavy atom. The van der Waals surface area contributed by atoms with Gasteiger partial charge in [-0.2, -0.15) is 0 Å². The second-order valence-corrected chi connectivity index (χ2v) is 5.78. The lowest BCUT2D eigenvalue weighted by Crippen LogP contribution is -2.31. The minimum atomic E-state index is 0.641. The first-order chi connectivity index (χ1) is 9.16. The first kappa shape index (κ1) is 12.7. The summed E-state index contributed by atoms with van der Waals surface area (Å²) in [6, 6.07) is 9.30. The lowest BCUT2D eigenvalue weighted by Gasteiger charge is -2.14. The molecule has 19 heavy (non-hydrogen) atoms. The summed E-state index contributed by atoms with van der Waals surface area (Å²) >= 11 is 0. The van der Waals surface area contributed by atoms with Crippen LogP contribution in [0.2, 0.25) is 0 Å². The van der Waals surface area contributed by atoms with Gasteiger partial charge in [-0.05, 0) is 38.6 Å². The minimum Gasteiger partial charge on any atom is -0.346 e. The molecule has 1 aromatic carbocycles. The average Bonchev–Trinajstić information content (AvgIpc) is 2.93. The van der Waals surface area contributed by atoms with Gasteiger partial charge in [-0.1, -0.05) is 18.2 Å². The van der Waals surface area contributed by atoms with Crippen molar-refractivity contribution in [2.75, 3.05) is 20.1 Å². The molecule has 3 rings (SSSR count). The largest absolute Gasteiger partial charge is 0.346 e. The van der Waals surface area contributed by atoms with E-state index in [1.807, 2.05) is 0 Å². The van der Waals surface area contributed by atoms with E-state index in [-0.39, 0.29) is 0 Å². The molecule has 0 saturated carbocycles. The zero-order chi connectivity index (χ0) is 13.4. The van der Waals surface area contributed by atoms with E-state index in [4.69, 9.17) is 0 Å². The van der Waals surface area contributed by atoms with Crippen molar-refractivity contribution >= 4 is 10.9 Å². The number of aryl methyl sites for hydroxylation is 2. The third-order valence-electron chi connectivity index (χ3n) is 4.46. The zero-order valence-corrected chi connectivity index (χ0v) is 12.1. The summed E-state index contributed by atoms with van der Waals surface area (Å²) in [6.07, 6.45) is 1.26. The van der Waals surface area contributed by atoms with Crippen LogP contribution in [0.5, 0.6) is 0 Å². The van der Waals surface area contributed by atoms with Gasteiger partial charge in [0.15, 0.2) is 0 Å². The fraction of sp³-hybridized carbons (Fsp3) is 0.500. The summed E-state index contributed by atoms with van der Waals surface area (Å²) in [5, 5.41) is 5.09. The third-order valence-corrected chi connectivity index (χ3v) is 4.46. The molecule has 1 saturated heterocycles. The normalized spacial score (nSPS) is 20.5. The topological polar surface area (TPSA) is 20.2 Å². The summed E-state index contributed by atoms with van der Waals surface area (Å²) < 4.78 is 2.33. The van der Waals surface area contributed by atoms with Gasteiger partial charge in [0.2, 0.25) is 0 Å². The van der Waals surface area contributed by atoms with Gasteiger partial charge in [0.25, 0.3) is 0 Å². The number of fused-ring (bicyclic) bond motifs is 1. The Morgan fingerprint density at radius 2 is 2.05 bits per heavy atom. The molecule has 3 heteroatoms. The van der Waals surface area contributed by atoms with Crippen LogP contribution in [0, 0.1) is 6.92 Å². The van der Waals surface area contributed by atoms with Crippen LogP contribution < -0.4 is 5.32 Å². The molecule has 0 spiro atoms. The van der Waals surface area contributed by atoms with Crippen molar-refractivity contribution in [3.05, 3.63) is 35.5 Å². The van der Waals surface area contributed by atoms with E-state index in [0.29, 0.717) is 6.04 Å². The van der Waals surface area contributed by atoms with Crippen LogP contribution in [-0.4, -0.2) is 35.6 Å². The van der Waals surface area contributed by atoms with Crippen molar-refractivity contribution in [3.63, 3.8) is 0 Å². The molecule has 1 aliphatic heterocycles. The molecule has 0 radical (unpaired) electrons. The van der Waals surface area contributed by atoms with Crippen molar-refractivity contribution in [1.29, 1.82) is 0 Å². The highest BCUT2D eigenvalue weighted by molar-refractivity contribution is 5.85. The molecule has 0 bridgehead atoms. The molecule has 2 aromatic rings. The predicted molar refractivity (Wildman–Crippen MR) is 80.4 cm³/mol. The molecule has 1 aliphatic rings. The van der Waals surface area contributed by atoms with Crippen LogP contribution in [0.4, 0.5) is 0 Å². The number of hydrogen-bond donors (Lipinski definition) is 1. The second kappa shape index (κ2) is 4.99. The molecule has 0 amide bonds. The van der Waals surface area contributed by atoms with Crippen molar-refractivity contribution in [3.8, 4) is 0 Å². The summed E-state index contributed by atoms with van der Waals surface area (Å²) in [6.45, 7) is 5.59. The van der Waals surface area contributed by atoms with Crippen LogP contribution in [0.25, 0.3) is 10.9 Å². The summed E-state index contributed by atoms with van der Waals surface area (Å²) in [5.41, 5.74) is 4.16. The van der Waals surface area contributed by atoms with Crippen molar-refractivity contribution in [2.24, 2.45) is 7.05 Å². The molecular formula is C16H23N3. The fourth-order valence-electron chi connectivity index (χ4n) is 3.23. The van der Waals surface area contributed by atoms with Gasteiger partial charge in [0.1, 0.15) is 0 Å². The Kier molecular flexibility index (Phi) is 3.33. The van der Waals surface area contributed by atoms with Crippen LogP contribution in [0.3, 0.4) is 0 Å². The number of para-hydroxylation sites is 1. The van der Waals surface area contributed by atoms with Crippen LogP contribution in [0.15, 0.2) is 24.3 Å². The van der Waals surface area contributed by atoms with E-state index in [2.05, 4.69) is 60.1 Å². The molecule has 1 unspecified atom stereocenters. The van der Waals surface area contributed by atoms with Crippen LogP contribution >= 0.6 is 0 Å². The standard InChI is InChI=1S/C16H23N3/c1-12-14-6-4-5-7-15(14)19(3)16(12)10-17-13-8-9-18(2)11-13/h4-7,13,17H,8-11H2,1-3H3. The highest BCUT2D eigenvalue weighted by atomic mass is 15.2. The highest BCUT2D eigenvalue weighted by Crippen LogP contribution is 2.24. The van der Waals surface area contributed by atoms with Gasteiger partial charge >= 0.3 is 0 Å². The quantitative estimate of drug-likeness (QED) is 0.910. The average molecular weight is 257 g/mol. The number of nitrogens with one attached hydrogen (secondary N) is 1. The lowest BCUT2D eigenvalue weighted by atomic mass is 10.1. The molecule has 1 N–H and O–H groups in total. The Bertz CT molecular complexity index is 546. The Hall–Kier alpha value is -1.32. The summed E-state index contributed by atoms with van der Waals surface area (Å²) in [7, 11) is 4.37. The molecular weight excluding hydrogens is 234 g/mol. The van der Waals surface area contributed by atoms with Gasteiger partial charge in [0, 0.05) is 42.8 Å². The lowest BCUT2D eigenvalue weighted by molar-refractivity contribution is 0.396. The minimum absolute atomic E-state index is 0.641. The van der Waals surface area contributed by atoms with Crippen molar-refractivity contribution < 1.29 is 0 Å². The smallest absolute Gasteiger partial charge is 0.0483 e.